The van der Waals surface area contributed by atoms with Crippen LogP contribution < -0.4 is 16.6 Å². The molecule has 1 aliphatic heterocycles. The zero-order valence-electron chi connectivity index (χ0n) is 10.7. The number of hydrazine groups is 1. The fraction of sp³-hybridized carbons (Fsp3) is 0.417. The van der Waals surface area contributed by atoms with Crippen molar-refractivity contribution in [2.75, 3.05) is 19.0 Å². The van der Waals surface area contributed by atoms with Crippen molar-refractivity contribution >= 4 is 17.6 Å². The highest BCUT2D eigenvalue weighted by molar-refractivity contribution is 5.94. The molecule has 2 amide bonds. The van der Waals surface area contributed by atoms with Crippen molar-refractivity contribution in [3.8, 4) is 0 Å². The van der Waals surface area contributed by atoms with Gasteiger partial charge >= 0.3 is 0 Å². The Labute approximate surface area is 111 Å². The number of carbonyl (C=O) groups excluding carboxylic acids is 2. The van der Waals surface area contributed by atoms with Crippen LogP contribution in [0.15, 0.2) is 18.3 Å². The van der Waals surface area contributed by atoms with E-state index in [1.807, 2.05) is 0 Å². The number of piperidine rings is 1. The monoisotopic (exact) mass is 263 g/mol. The first-order chi connectivity index (χ1) is 9.10. The predicted octanol–water partition coefficient (Wildman–Crippen LogP) is -0.282. The van der Waals surface area contributed by atoms with Crippen LogP contribution in [0.4, 0.5) is 5.82 Å². The quantitative estimate of drug-likeness (QED) is 0.514. The third kappa shape index (κ3) is 3.19. The number of aromatic nitrogens is 1. The minimum Gasteiger partial charge on any atom is -0.347 e. The number of amides is 2. The summed E-state index contributed by atoms with van der Waals surface area (Å²) in [5, 5.41) is 2.90. The number of pyridine rings is 1. The van der Waals surface area contributed by atoms with Crippen LogP contribution in [0, 0.1) is 0 Å². The van der Waals surface area contributed by atoms with E-state index in [0.29, 0.717) is 30.8 Å². The Morgan fingerprint density at radius 2 is 2.32 bits per heavy atom. The maximum atomic E-state index is 12.0. The van der Waals surface area contributed by atoms with Crippen LogP contribution in [-0.2, 0) is 4.79 Å². The summed E-state index contributed by atoms with van der Waals surface area (Å²) in [5.74, 6) is 5.63. The molecule has 7 heteroatoms. The topological polar surface area (TPSA) is 100 Å². The molecule has 2 heterocycles. The molecule has 0 bridgehead atoms. The average Bonchev–Trinajstić information content (AvgIpc) is 2.43. The number of hydrogen-bond donors (Lipinski definition) is 3. The molecule has 0 spiro atoms. The van der Waals surface area contributed by atoms with Crippen LogP contribution in [0.1, 0.15) is 23.2 Å². The number of hydrogen-bond acceptors (Lipinski definition) is 5. The molecule has 0 saturated carbocycles. The minimum absolute atomic E-state index is 0.0116. The van der Waals surface area contributed by atoms with Gasteiger partial charge in [0.05, 0.1) is 5.56 Å². The van der Waals surface area contributed by atoms with E-state index in [1.165, 1.54) is 6.20 Å². The second-order valence-electron chi connectivity index (χ2n) is 4.56. The molecule has 0 radical (unpaired) electrons. The standard InChI is InChI=1S/C12H17N5O2/c1-17-7-9(3-5-11(17)18)15-12(19)8-2-4-10(16-13)14-6-8/h2,4,6,9H,3,5,7,13H2,1H3,(H,14,16)(H,15,19). The molecule has 1 aromatic rings. The molecule has 4 N–H and O–H groups in total. The number of nitrogens with zero attached hydrogens (tertiary/aromatic N) is 2. The van der Waals surface area contributed by atoms with E-state index < -0.39 is 0 Å². The third-order valence-electron chi connectivity index (χ3n) is 3.14. The molecule has 2 rings (SSSR count). The Morgan fingerprint density at radius 3 is 2.89 bits per heavy atom. The molecular formula is C12H17N5O2. The molecular weight excluding hydrogens is 246 g/mol. The lowest BCUT2D eigenvalue weighted by Crippen LogP contribution is -2.48. The molecule has 1 atom stereocenters. The molecule has 1 aromatic heterocycles. The normalized spacial score (nSPS) is 19.2. The Balaban J connectivity index is 1.95. The number of nitrogens with one attached hydrogen (secondary N) is 2. The fourth-order valence-corrected chi connectivity index (χ4v) is 2.01. The maximum Gasteiger partial charge on any atom is 0.253 e. The summed E-state index contributed by atoms with van der Waals surface area (Å²) in [6.45, 7) is 0.542. The van der Waals surface area contributed by atoms with Gasteiger partial charge in [-0.25, -0.2) is 10.8 Å². The van der Waals surface area contributed by atoms with Gasteiger partial charge in [0.1, 0.15) is 5.82 Å². The second-order valence-corrected chi connectivity index (χ2v) is 4.56. The third-order valence-corrected chi connectivity index (χ3v) is 3.14. The zero-order chi connectivity index (χ0) is 13.8. The van der Waals surface area contributed by atoms with E-state index in [4.69, 9.17) is 5.84 Å². The van der Waals surface area contributed by atoms with Gasteiger partial charge in [-0.05, 0) is 18.6 Å². The predicted molar refractivity (Wildman–Crippen MR) is 70.2 cm³/mol. The minimum atomic E-state index is -0.191. The Morgan fingerprint density at radius 1 is 1.53 bits per heavy atom. The first-order valence-corrected chi connectivity index (χ1v) is 6.07. The van der Waals surface area contributed by atoms with E-state index >= 15 is 0 Å². The largest absolute Gasteiger partial charge is 0.347 e. The van der Waals surface area contributed by atoms with Crippen LogP contribution in [-0.4, -0.2) is 41.3 Å². The first-order valence-electron chi connectivity index (χ1n) is 6.07. The maximum absolute atomic E-state index is 12.0. The van der Waals surface area contributed by atoms with Gasteiger partial charge in [-0.3, -0.25) is 9.59 Å². The van der Waals surface area contributed by atoms with Crippen molar-refractivity contribution in [2.45, 2.75) is 18.9 Å². The molecule has 0 aromatic carbocycles. The zero-order valence-corrected chi connectivity index (χ0v) is 10.7. The molecule has 1 unspecified atom stereocenters. The first kappa shape index (κ1) is 13.3. The lowest BCUT2D eigenvalue weighted by atomic mass is 10.1. The van der Waals surface area contributed by atoms with Crippen molar-refractivity contribution in [2.24, 2.45) is 5.84 Å². The summed E-state index contributed by atoms with van der Waals surface area (Å²) in [4.78, 5) is 29.0. The SMILES string of the molecule is CN1CC(NC(=O)c2ccc(NN)nc2)CCC1=O. The van der Waals surface area contributed by atoms with Crippen molar-refractivity contribution in [1.82, 2.24) is 15.2 Å². The fourth-order valence-electron chi connectivity index (χ4n) is 2.01. The number of anilines is 1. The molecule has 1 aliphatic rings. The summed E-state index contributed by atoms with van der Waals surface area (Å²) in [7, 11) is 1.74. The van der Waals surface area contributed by atoms with Crippen molar-refractivity contribution < 1.29 is 9.59 Å². The van der Waals surface area contributed by atoms with Gasteiger partial charge in [-0.2, -0.15) is 0 Å². The van der Waals surface area contributed by atoms with Crippen molar-refractivity contribution in [3.63, 3.8) is 0 Å². The van der Waals surface area contributed by atoms with E-state index in [2.05, 4.69) is 15.7 Å². The van der Waals surface area contributed by atoms with Gasteiger partial charge < -0.3 is 15.6 Å². The van der Waals surface area contributed by atoms with E-state index in [1.54, 1.807) is 24.1 Å². The number of rotatable bonds is 3. The van der Waals surface area contributed by atoms with Crippen LogP contribution in [0.2, 0.25) is 0 Å². The van der Waals surface area contributed by atoms with Gasteiger partial charge in [0.15, 0.2) is 0 Å². The highest BCUT2D eigenvalue weighted by Gasteiger charge is 2.24. The highest BCUT2D eigenvalue weighted by Crippen LogP contribution is 2.11. The number of nitrogens with two attached hydrogens (primary N) is 1. The molecule has 19 heavy (non-hydrogen) atoms. The van der Waals surface area contributed by atoms with Crippen LogP contribution in [0.5, 0.6) is 0 Å². The van der Waals surface area contributed by atoms with Gasteiger partial charge in [0, 0.05) is 32.3 Å². The number of likely N-dealkylation sites (tertiary alicyclic amines) is 1. The van der Waals surface area contributed by atoms with E-state index in [-0.39, 0.29) is 17.9 Å². The van der Waals surface area contributed by atoms with Crippen LogP contribution in [0.25, 0.3) is 0 Å². The lowest BCUT2D eigenvalue weighted by molar-refractivity contribution is -0.132. The van der Waals surface area contributed by atoms with Crippen LogP contribution in [0.3, 0.4) is 0 Å². The van der Waals surface area contributed by atoms with Gasteiger partial charge in [-0.1, -0.05) is 0 Å². The molecule has 102 valence electrons. The Hall–Kier alpha value is -2.15. The summed E-state index contributed by atoms with van der Waals surface area (Å²) >= 11 is 0. The van der Waals surface area contributed by atoms with E-state index in [9.17, 15) is 9.59 Å². The summed E-state index contributed by atoms with van der Waals surface area (Å²) in [6, 6.07) is 3.27. The van der Waals surface area contributed by atoms with Crippen molar-refractivity contribution in [1.29, 1.82) is 0 Å². The molecule has 1 fully saturated rings. The summed E-state index contributed by atoms with van der Waals surface area (Å²) < 4.78 is 0. The summed E-state index contributed by atoms with van der Waals surface area (Å²) in [6.07, 6.45) is 2.60. The van der Waals surface area contributed by atoms with Crippen LogP contribution >= 0.6 is 0 Å². The lowest BCUT2D eigenvalue weighted by Gasteiger charge is -2.30. The molecule has 1 saturated heterocycles. The van der Waals surface area contributed by atoms with Crippen molar-refractivity contribution in [3.05, 3.63) is 23.9 Å². The highest BCUT2D eigenvalue weighted by atomic mass is 16.2. The smallest absolute Gasteiger partial charge is 0.253 e. The van der Waals surface area contributed by atoms with E-state index in [0.717, 1.165) is 0 Å². The van der Waals surface area contributed by atoms with Gasteiger partial charge in [-0.15, -0.1) is 0 Å². The summed E-state index contributed by atoms with van der Waals surface area (Å²) in [5.41, 5.74) is 2.87. The van der Waals surface area contributed by atoms with Gasteiger partial charge in [0.25, 0.3) is 5.91 Å². The second kappa shape index (κ2) is 5.66. The number of carbonyl (C=O) groups is 2. The Kier molecular flexibility index (Phi) is 3.96. The Bertz CT molecular complexity index is 474. The number of likely N-dealkylation sites (N-methyl/N-ethyl adjacent to an activating group) is 1. The van der Waals surface area contributed by atoms with Gasteiger partial charge in [0.2, 0.25) is 5.91 Å². The molecule has 7 nitrogen and oxygen atoms in total. The average molecular weight is 263 g/mol. The number of nitrogen functional groups attached to an aromatic ring is 1. The molecule has 0 aliphatic carbocycles.